The number of hydrogen-bond donors (Lipinski definition) is 1. The Bertz CT molecular complexity index is 389. The molecule has 1 saturated heterocycles. The number of piperazine rings is 1. The number of rotatable bonds is 4. The maximum atomic E-state index is 12.4. The molecule has 0 saturated carbocycles. The van der Waals surface area contributed by atoms with Crippen molar-refractivity contribution >= 4 is 5.91 Å². The third-order valence-corrected chi connectivity index (χ3v) is 3.23. The van der Waals surface area contributed by atoms with Crippen molar-refractivity contribution in [1.82, 2.24) is 15.1 Å². The first-order valence-corrected chi connectivity index (χ1v) is 6.29. The molecule has 2 rings (SSSR count). The van der Waals surface area contributed by atoms with Gasteiger partial charge in [-0.2, -0.15) is 0 Å². The van der Waals surface area contributed by atoms with Crippen LogP contribution in [0.25, 0.3) is 0 Å². The minimum Gasteiger partial charge on any atom is -0.467 e. The monoisotopic (exact) mass is 251 g/mol. The molecule has 1 aliphatic heterocycles. The van der Waals surface area contributed by atoms with Crippen molar-refractivity contribution in [2.24, 2.45) is 0 Å². The molecule has 100 valence electrons. The molecule has 1 aromatic rings. The maximum absolute atomic E-state index is 12.4. The van der Waals surface area contributed by atoms with Crippen LogP contribution in [0.1, 0.15) is 12.7 Å². The van der Waals surface area contributed by atoms with Crippen LogP contribution in [0, 0.1) is 0 Å². The fourth-order valence-electron chi connectivity index (χ4n) is 2.24. The summed E-state index contributed by atoms with van der Waals surface area (Å²) in [5.41, 5.74) is 0. The molecule has 1 fully saturated rings. The zero-order valence-corrected chi connectivity index (χ0v) is 11.2. The molecule has 2 atom stereocenters. The summed E-state index contributed by atoms with van der Waals surface area (Å²) in [5.74, 6) is 0.986. The highest BCUT2D eigenvalue weighted by Gasteiger charge is 2.33. The van der Waals surface area contributed by atoms with Crippen molar-refractivity contribution in [1.29, 1.82) is 0 Å². The van der Waals surface area contributed by atoms with Crippen molar-refractivity contribution in [2.45, 2.75) is 25.6 Å². The van der Waals surface area contributed by atoms with E-state index in [1.165, 1.54) is 0 Å². The van der Waals surface area contributed by atoms with Crippen LogP contribution in [-0.4, -0.2) is 55.0 Å². The lowest BCUT2D eigenvalue weighted by Crippen LogP contribution is -2.61. The van der Waals surface area contributed by atoms with Crippen molar-refractivity contribution in [3.05, 3.63) is 24.2 Å². The summed E-state index contributed by atoms with van der Waals surface area (Å²) >= 11 is 0. The average Bonchev–Trinajstić information content (AvgIpc) is 2.81. The van der Waals surface area contributed by atoms with Gasteiger partial charge in [-0.25, -0.2) is 0 Å². The van der Waals surface area contributed by atoms with E-state index in [-0.39, 0.29) is 18.0 Å². The molecule has 2 heterocycles. The van der Waals surface area contributed by atoms with Gasteiger partial charge in [0.25, 0.3) is 0 Å². The molecular formula is C13H21N3O2. The summed E-state index contributed by atoms with van der Waals surface area (Å²) in [6.45, 7) is 4.16. The molecule has 0 bridgehead atoms. The highest BCUT2D eigenvalue weighted by Crippen LogP contribution is 2.14. The Morgan fingerprint density at radius 2 is 2.33 bits per heavy atom. The Hall–Kier alpha value is -1.33. The molecule has 5 heteroatoms. The molecule has 0 aromatic carbocycles. The molecule has 5 nitrogen and oxygen atoms in total. The van der Waals surface area contributed by atoms with Gasteiger partial charge in [-0.15, -0.1) is 0 Å². The van der Waals surface area contributed by atoms with Crippen LogP contribution in [0.2, 0.25) is 0 Å². The van der Waals surface area contributed by atoms with Crippen LogP contribution in [0.3, 0.4) is 0 Å². The van der Waals surface area contributed by atoms with E-state index in [9.17, 15) is 4.79 Å². The van der Waals surface area contributed by atoms with Gasteiger partial charge in [0.05, 0.1) is 18.8 Å². The fourth-order valence-corrected chi connectivity index (χ4v) is 2.24. The predicted molar refractivity (Wildman–Crippen MR) is 69.1 cm³/mol. The van der Waals surface area contributed by atoms with E-state index in [0.717, 1.165) is 18.8 Å². The van der Waals surface area contributed by atoms with Crippen molar-refractivity contribution < 1.29 is 9.21 Å². The second-order valence-corrected chi connectivity index (χ2v) is 5.12. The van der Waals surface area contributed by atoms with Crippen LogP contribution >= 0.6 is 0 Å². The van der Waals surface area contributed by atoms with E-state index in [2.05, 4.69) is 12.2 Å². The minimum atomic E-state index is -0.119. The van der Waals surface area contributed by atoms with Gasteiger partial charge in [0.1, 0.15) is 5.76 Å². The Kier molecular flexibility index (Phi) is 4.04. The van der Waals surface area contributed by atoms with Crippen molar-refractivity contribution in [2.75, 3.05) is 27.2 Å². The second kappa shape index (κ2) is 5.54. The number of nitrogens with zero attached hydrogens (tertiary/aromatic N) is 2. The largest absolute Gasteiger partial charge is 0.467 e. The number of hydrogen-bond acceptors (Lipinski definition) is 4. The van der Waals surface area contributed by atoms with E-state index < -0.39 is 0 Å². The third kappa shape index (κ3) is 2.91. The molecule has 1 aromatic heterocycles. The van der Waals surface area contributed by atoms with Crippen molar-refractivity contribution in [3.8, 4) is 0 Å². The first-order valence-electron chi connectivity index (χ1n) is 6.29. The van der Waals surface area contributed by atoms with Crippen LogP contribution < -0.4 is 5.32 Å². The van der Waals surface area contributed by atoms with E-state index in [1.807, 2.05) is 36.0 Å². The molecule has 0 radical (unpaired) electrons. The van der Waals surface area contributed by atoms with Gasteiger partial charge >= 0.3 is 0 Å². The smallest absolute Gasteiger partial charge is 0.241 e. The van der Waals surface area contributed by atoms with Gasteiger partial charge in [-0.05, 0) is 33.2 Å². The zero-order chi connectivity index (χ0) is 13.1. The van der Waals surface area contributed by atoms with E-state index in [4.69, 9.17) is 4.42 Å². The quantitative estimate of drug-likeness (QED) is 0.848. The number of carbonyl (C=O) groups excluding carboxylic acids is 1. The number of nitrogens with one attached hydrogen (secondary N) is 1. The first kappa shape index (κ1) is 13.1. The Morgan fingerprint density at radius 3 is 2.94 bits per heavy atom. The SMILES string of the molecule is CC1CNC(CN(C)C)C(=O)N1Cc1ccco1. The second-order valence-electron chi connectivity index (χ2n) is 5.12. The Balaban J connectivity index is 2.04. The van der Waals surface area contributed by atoms with Gasteiger partial charge < -0.3 is 19.5 Å². The lowest BCUT2D eigenvalue weighted by molar-refractivity contribution is -0.139. The van der Waals surface area contributed by atoms with E-state index in [0.29, 0.717) is 6.54 Å². The van der Waals surface area contributed by atoms with Gasteiger partial charge in [0.15, 0.2) is 0 Å². The highest BCUT2D eigenvalue weighted by molar-refractivity contribution is 5.83. The molecule has 1 aliphatic rings. The van der Waals surface area contributed by atoms with Gasteiger partial charge in [-0.1, -0.05) is 0 Å². The van der Waals surface area contributed by atoms with Crippen LogP contribution in [0.4, 0.5) is 0 Å². The molecular weight excluding hydrogens is 230 g/mol. The average molecular weight is 251 g/mol. The summed E-state index contributed by atoms with van der Waals surface area (Å²) in [5, 5.41) is 3.30. The maximum Gasteiger partial charge on any atom is 0.241 e. The summed E-state index contributed by atoms with van der Waals surface area (Å²) in [7, 11) is 3.95. The number of carbonyl (C=O) groups is 1. The summed E-state index contributed by atoms with van der Waals surface area (Å²) < 4.78 is 5.32. The van der Waals surface area contributed by atoms with Crippen LogP contribution in [0.15, 0.2) is 22.8 Å². The summed E-state index contributed by atoms with van der Waals surface area (Å²) in [6.07, 6.45) is 1.64. The van der Waals surface area contributed by atoms with E-state index in [1.54, 1.807) is 6.26 Å². The molecule has 2 unspecified atom stereocenters. The normalized spacial score (nSPS) is 24.9. The van der Waals surface area contributed by atoms with Crippen molar-refractivity contribution in [3.63, 3.8) is 0 Å². The number of likely N-dealkylation sites (N-methyl/N-ethyl adjacent to an activating group) is 1. The van der Waals surface area contributed by atoms with Crippen LogP contribution in [-0.2, 0) is 11.3 Å². The zero-order valence-electron chi connectivity index (χ0n) is 11.2. The molecule has 0 aliphatic carbocycles. The lowest BCUT2D eigenvalue weighted by atomic mass is 10.1. The van der Waals surface area contributed by atoms with Gasteiger partial charge in [0, 0.05) is 19.1 Å². The number of amides is 1. The standard InChI is InChI=1S/C13H21N3O2/c1-10-7-14-12(9-15(2)3)13(17)16(10)8-11-5-4-6-18-11/h4-6,10,12,14H,7-9H2,1-3H3. The summed E-state index contributed by atoms with van der Waals surface area (Å²) in [4.78, 5) is 16.3. The molecule has 18 heavy (non-hydrogen) atoms. The molecule has 0 spiro atoms. The molecule has 1 N–H and O–H groups in total. The van der Waals surface area contributed by atoms with Gasteiger partial charge in [-0.3, -0.25) is 4.79 Å². The predicted octanol–water partition coefficient (Wildman–Crippen LogP) is 0.530. The van der Waals surface area contributed by atoms with Gasteiger partial charge in [0.2, 0.25) is 5.91 Å². The topological polar surface area (TPSA) is 48.7 Å². The highest BCUT2D eigenvalue weighted by atomic mass is 16.3. The Morgan fingerprint density at radius 1 is 1.56 bits per heavy atom. The first-order chi connectivity index (χ1) is 8.58. The number of furan rings is 1. The lowest BCUT2D eigenvalue weighted by Gasteiger charge is -2.38. The molecule has 1 amide bonds. The minimum absolute atomic E-state index is 0.119. The third-order valence-electron chi connectivity index (χ3n) is 3.23. The Labute approximate surface area is 108 Å². The van der Waals surface area contributed by atoms with E-state index >= 15 is 0 Å². The fraction of sp³-hybridized carbons (Fsp3) is 0.615. The summed E-state index contributed by atoms with van der Waals surface area (Å²) in [6, 6.07) is 3.83. The van der Waals surface area contributed by atoms with Crippen LogP contribution in [0.5, 0.6) is 0 Å².